The second-order valence-electron chi connectivity index (χ2n) is 4.33. The fourth-order valence-electron chi connectivity index (χ4n) is 1.84. The van der Waals surface area contributed by atoms with E-state index in [2.05, 4.69) is 0 Å². The van der Waals surface area contributed by atoms with E-state index in [9.17, 15) is 4.79 Å². The van der Waals surface area contributed by atoms with Crippen LogP contribution in [0.1, 0.15) is 36.5 Å². The molecule has 0 aromatic heterocycles. The van der Waals surface area contributed by atoms with Gasteiger partial charge in [0.05, 0.1) is 14.2 Å². The van der Waals surface area contributed by atoms with Crippen molar-refractivity contribution in [3.63, 3.8) is 0 Å². The van der Waals surface area contributed by atoms with Crippen LogP contribution in [0, 0.1) is 0 Å². The maximum atomic E-state index is 12.2. The topological polar surface area (TPSA) is 61.5 Å². The molecule has 0 amide bonds. The molecule has 100 valence electrons. The average Bonchev–Trinajstić information content (AvgIpc) is 2.36. The number of hydrogen-bond acceptors (Lipinski definition) is 4. The van der Waals surface area contributed by atoms with Crippen molar-refractivity contribution in [3.05, 3.63) is 23.8 Å². The van der Waals surface area contributed by atoms with E-state index < -0.39 is 0 Å². The third kappa shape index (κ3) is 3.74. The number of carbonyl (C=O) groups is 1. The number of benzene rings is 1. The Morgan fingerprint density at radius 1 is 1.28 bits per heavy atom. The summed E-state index contributed by atoms with van der Waals surface area (Å²) in [5.74, 6) is 1.14. The number of Topliss-reactive ketones (excluding diaryl/α,β-unsaturated/α-hetero) is 1. The number of ketones is 1. The van der Waals surface area contributed by atoms with Gasteiger partial charge in [0, 0.05) is 12.5 Å². The first kappa shape index (κ1) is 14.5. The molecule has 0 aliphatic carbocycles. The number of carbonyl (C=O) groups excluding carboxylic acids is 1. The highest BCUT2D eigenvalue weighted by Crippen LogP contribution is 2.29. The van der Waals surface area contributed by atoms with Crippen LogP contribution >= 0.6 is 0 Å². The Morgan fingerprint density at radius 2 is 1.83 bits per heavy atom. The van der Waals surface area contributed by atoms with E-state index in [0.29, 0.717) is 23.5 Å². The molecule has 4 nitrogen and oxygen atoms in total. The van der Waals surface area contributed by atoms with Crippen LogP contribution in [0.3, 0.4) is 0 Å². The smallest absolute Gasteiger partial charge is 0.170 e. The van der Waals surface area contributed by atoms with Gasteiger partial charge in [-0.05, 0) is 31.9 Å². The van der Waals surface area contributed by atoms with Crippen LogP contribution in [0.15, 0.2) is 18.2 Å². The van der Waals surface area contributed by atoms with E-state index in [1.807, 2.05) is 6.92 Å². The average molecular weight is 251 g/mol. The quantitative estimate of drug-likeness (QED) is 0.756. The SMILES string of the molecule is COc1cccc(OC)c1C(=O)CCCC(C)N. The standard InChI is InChI=1S/C14H21NO3/c1-10(15)6-4-7-11(16)14-12(17-2)8-5-9-13(14)18-3/h5,8-10H,4,6-7,15H2,1-3H3. The molecule has 1 unspecified atom stereocenters. The van der Waals surface area contributed by atoms with Gasteiger partial charge in [-0.2, -0.15) is 0 Å². The van der Waals surface area contributed by atoms with Crippen LogP contribution in [0.2, 0.25) is 0 Å². The molecule has 0 saturated carbocycles. The van der Waals surface area contributed by atoms with Crippen molar-refractivity contribution in [1.82, 2.24) is 0 Å². The van der Waals surface area contributed by atoms with Crippen LogP contribution in [0.4, 0.5) is 0 Å². The highest BCUT2D eigenvalue weighted by molar-refractivity contribution is 6.01. The molecule has 1 aromatic carbocycles. The van der Waals surface area contributed by atoms with Gasteiger partial charge in [0.15, 0.2) is 5.78 Å². The van der Waals surface area contributed by atoms with Gasteiger partial charge in [-0.25, -0.2) is 0 Å². The maximum Gasteiger partial charge on any atom is 0.170 e. The molecule has 0 aliphatic heterocycles. The zero-order chi connectivity index (χ0) is 13.5. The second-order valence-corrected chi connectivity index (χ2v) is 4.33. The van der Waals surface area contributed by atoms with Crippen molar-refractivity contribution >= 4 is 5.78 Å². The molecule has 0 saturated heterocycles. The molecule has 0 spiro atoms. The van der Waals surface area contributed by atoms with E-state index in [0.717, 1.165) is 12.8 Å². The van der Waals surface area contributed by atoms with Gasteiger partial charge < -0.3 is 15.2 Å². The van der Waals surface area contributed by atoms with Crippen molar-refractivity contribution < 1.29 is 14.3 Å². The Morgan fingerprint density at radius 3 is 2.28 bits per heavy atom. The summed E-state index contributed by atoms with van der Waals surface area (Å²) in [7, 11) is 3.10. The minimum Gasteiger partial charge on any atom is -0.496 e. The summed E-state index contributed by atoms with van der Waals surface area (Å²) in [6.45, 7) is 1.94. The number of methoxy groups -OCH3 is 2. The van der Waals surface area contributed by atoms with Crippen molar-refractivity contribution in [1.29, 1.82) is 0 Å². The molecule has 2 N–H and O–H groups in total. The maximum absolute atomic E-state index is 12.2. The Hall–Kier alpha value is -1.55. The van der Waals surface area contributed by atoms with Crippen LogP contribution < -0.4 is 15.2 Å². The first-order valence-electron chi connectivity index (χ1n) is 6.10. The van der Waals surface area contributed by atoms with Crippen LogP contribution in [0.25, 0.3) is 0 Å². The minimum atomic E-state index is 0.0324. The summed E-state index contributed by atoms with van der Waals surface area (Å²) >= 11 is 0. The van der Waals surface area contributed by atoms with Gasteiger partial charge in [0.25, 0.3) is 0 Å². The van der Waals surface area contributed by atoms with Crippen molar-refractivity contribution in [2.45, 2.75) is 32.2 Å². The van der Waals surface area contributed by atoms with E-state index in [1.165, 1.54) is 0 Å². The fraction of sp³-hybridized carbons (Fsp3) is 0.500. The highest BCUT2D eigenvalue weighted by Gasteiger charge is 2.17. The molecule has 18 heavy (non-hydrogen) atoms. The Labute approximate surface area is 108 Å². The summed E-state index contributed by atoms with van der Waals surface area (Å²) in [5.41, 5.74) is 6.19. The number of ether oxygens (including phenoxy) is 2. The lowest BCUT2D eigenvalue weighted by Gasteiger charge is -2.12. The number of rotatable bonds is 7. The summed E-state index contributed by atoms with van der Waals surface area (Å²) in [6.07, 6.45) is 2.07. The Kier molecular flexibility index (Phi) is 5.65. The number of nitrogens with two attached hydrogens (primary N) is 1. The van der Waals surface area contributed by atoms with Crippen LogP contribution in [-0.2, 0) is 0 Å². The molecule has 0 fully saturated rings. The fourth-order valence-corrected chi connectivity index (χ4v) is 1.84. The summed E-state index contributed by atoms with van der Waals surface area (Å²) in [4.78, 5) is 12.2. The Bertz CT molecular complexity index is 380. The van der Waals surface area contributed by atoms with E-state index in [1.54, 1.807) is 32.4 Å². The molecule has 1 aromatic rings. The number of hydrogen-bond donors (Lipinski definition) is 1. The lowest BCUT2D eigenvalue weighted by atomic mass is 10.0. The molecule has 1 rings (SSSR count). The van der Waals surface area contributed by atoms with E-state index in [-0.39, 0.29) is 11.8 Å². The van der Waals surface area contributed by atoms with E-state index in [4.69, 9.17) is 15.2 Å². The largest absolute Gasteiger partial charge is 0.496 e. The van der Waals surface area contributed by atoms with Gasteiger partial charge in [-0.15, -0.1) is 0 Å². The van der Waals surface area contributed by atoms with Gasteiger partial charge in [-0.3, -0.25) is 4.79 Å². The second kappa shape index (κ2) is 7.01. The molecule has 4 heteroatoms. The van der Waals surface area contributed by atoms with Crippen molar-refractivity contribution in [3.8, 4) is 11.5 Å². The van der Waals surface area contributed by atoms with Gasteiger partial charge in [-0.1, -0.05) is 6.07 Å². The van der Waals surface area contributed by atoms with Crippen molar-refractivity contribution in [2.75, 3.05) is 14.2 Å². The zero-order valence-corrected chi connectivity index (χ0v) is 11.2. The highest BCUT2D eigenvalue weighted by atomic mass is 16.5. The van der Waals surface area contributed by atoms with Gasteiger partial charge >= 0.3 is 0 Å². The first-order chi connectivity index (χ1) is 8.60. The molecule has 0 aliphatic rings. The van der Waals surface area contributed by atoms with Crippen LogP contribution in [0.5, 0.6) is 11.5 Å². The normalized spacial score (nSPS) is 12.0. The zero-order valence-electron chi connectivity index (χ0n) is 11.2. The lowest BCUT2D eigenvalue weighted by Crippen LogP contribution is -2.15. The summed E-state index contributed by atoms with van der Waals surface area (Å²) < 4.78 is 10.4. The van der Waals surface area contributed by atoms with Crippen LogP contribution in [-0.4, -0.2) is 26.0 Å². The molecular formula is C14H21NO3. The summed E-state index contributed by atoms with van der Waals surface area (Å²) in [5, 5.41) is 0. The first-order valence-corrected chi connectivity index (χ1v) is 6.10. The van der Waals surface area contributed by atoms with Crippen molar-refractivity contribution in [2.24, 2.45) is 5.73 Å². The van der Waals surface area contributed by atoms with E-state index >= 15 is 0 Å². The lowest BCUT2D eigenvalue weighted by molar-refractivity contribution is 0.0973. The predicted octanol–water partition coefficient (Wildman–Crippen LogP) is 2.40. The molecule has 0 bridgehead atoms. The molecular weight excluding hydrogens is 230 g/mol. The minimum absolute atomic E-state index is 0.0324. The summed E-state index contributed by atoms with van der Waals surface area (Å²) in [6, 6.07) is 5.45. The third-order valence-corrected chi connectivity index (χ3v) is 2.77. The monoisotopic (exact) mass is 251 g/mol. The predicted molar refractivity (Wildman–Crippen MR) is 71.4 cm³/mol. The third-order valence-electron chi connectivity index (χ3n) is 2.77. The van der Waals surface area contributed by atoms with Gasteiger partial charge in [0.2, 0.25) is 0 Å². The van der Waals surface area contributed by atoms with Gasteiger partial charge in [0.1, 0.15) is 17.1 Å². The molecule has 1 atom stereocenters. The Balaban J connectivity index is 2.83. The molecule has 0 radical (unpaired) electrons. The molecule has 0 heterocycles.